The normalized spacial score (nSPS) is 12.2. The van der Waals surface area contributed by atoms with Gasteiger partial charge in [-0.25, -0.2) is 0 Å². The van der Waals surface area contributed by atoms with Gasteiger partial charge < -0.3 is 9.30 Å². The van der Waals surface area contributed by atoms with Crippen LogP contribution >= 0.6 is 23.2 Å². The van der Waals surface area contributed by atoms with E-state index in [1.165, 1.54) is 47.9 Å². The third kappa shape index (κ3) is 4.66. The lowest BCUT2D eigenvalue weighted by Gasteiger charge is -2.15. The van der Waals surface area contributed by atoms with E-state index < -0.39 is 21.5 Å². The maximum Gasteiger partial charge on any atom is 0.516 e. The first-order chi connectivity index (χ1) is 13.9. The average molecular weight is 481 g/mol. The molecule has 0 fully saturated rings. The molecule has 0 amide bonds. The molecule has 2 aromatic carbocycles. The van der Waals surface area contributed by atoms with E-state index in [1.807, 2.05) is 0 Å². The number of sulfonamides is 1. The summed E-state index contributed by atoms with van der Waals surface area (Å²) in [5, 5.41) is 0.885. The zero-order valence-electron chi connectivity index (χ0n) is 15.1. The fourth-order valence-electron chi connectivity index (χ4n) is 2.75. The highest BCUT2D eigenvalue weighted by Gasteiger charge is 2.46. The second-order valence-electron chi connectivity index (χ2n) is 6.23. The largest absolute Gasteiger partial charge is 0.516 e. The number of carbonyl (C=O) groups excluding carboxylic acids is 1. The van der Waals surface area contributed by atoms with Crippen molar-refractivity contribution >= 4 is 55.9 Å². The van der Waals surface area contributed by atoms with Gasteiger partial charge in [0, 0.05) is 18.9 Å². The minimum absolute atomic E-state index is 0.0109. The number of aromatic nitrogens is 1. The Balaban J connectivity index is 2.12. The van der Waals surface area contributed by atoms with Crippen LogP contribution in [0.25, 0.3) is 10.9 Å². The number of hydrogen-bond donors (Lipinski definition) is 1. The molecule has 0 atom stereocenters. The van der Waals surface area contributed by atoms with Crippen LogP contribution in [-0.4, -0.2) is 24.5 Å². The Morgan fingerprint density at radius 3 is 2.40 bits per heavy atom. The molecular formula is C18H13Cl2F3N2O4S. The SMILES string of the molecule is CC(=O)Oc1ccc2c(c1)cc(NS(=O)(=O)C(F)(F)F)n2Cc1ccc(Cl)c(Cl)c1. The van der Waals surface area contributed by atoms with Gasteiger partial charge >= 0.3 is 21.5 Å². The van der Waals surface area contributed by atoms with Gasteiger partial charge in [-0.1, -0.05) is 29.3 Å². The summed E-state index contributed by atoms with van der Waals surface area (Å²) in [6.45, 7) is 1.19. The summed E-state index contributed by atoms with van der Waals surface area (Å²) in [4.78, 5) is 11.2. The lowest BCUT2D eigenvalue weighted by atomic mass is 10.2. The highest BCUT2D eigenvalue weighted by Crippen LogP contribution is 2.32. The van der Waals surface area contributed by atoms with Gasteiger partial charge in [-0.2, -0.15) is 21.6 Å². The highest BCUT2D eigenvalue weighted by molar-refractivity contribution is 7.93. The molecular weight excluding hydrogens is 468 g/mol. The number of nitrogens with one attached hydrogen (secondary N) is 1. The number of ether oxygens (including phenoxy) is 1. The molecule has 160 valence electrons. The Hall–Kier alpha value is -2.43. The van der Waals surface area contributed by atoms with E-state index in [4.69, 9.17) is 27.9 Å². The lowest BCUT2D eigenvalue weighted by molar-refractivity contribution is -0.131. The molecule has 30 heavy (non-hydrogen) atoms. The predicted octanol–water partition coefficient (Wildman–Crippen LogP) is 5.18. The van der Waals surface area contributed by atoms with Crippen molar-refractivity contribution in [1.29, 1.82) is 0 Å². The highest BCUT2D eigenvalue weighted by atomic mass is 35.5. The summed E-state index contributed by atoms with van der Waals surface area (Å²) in [7, 11) is -5.66. The number of halogens is 5. The quantitative estimate of drug-likeness (QED) is 0.403. The molecule has 3 rings (SSSR count). The van der Waals surface area contributed by atoms with E-state index in [9.17, 15) is 26.4 Å². The summed E-state index contributed by atoms with van der Waals surface area (Å²) >= 11 is 11.9. The van der Waals surface area contributed by atoms with Crippen molar-refractivity contribution in [3.05, 3.63) is 58.1 Å². The zero-order valence-corrected chi connectivity index (χ0v) is 17.5. The Kier molecular flexibility index (Phi) is 5.94. The van der Waals surface area contributed by atoms with Crippen LogP contribution in [-0.2, 0) is 21.4 Å². The number of fused-ring (bicyclic) bond motifs is 1. The van der Waals surface area contributed by atoms with Gasteiger partial charge in [0.1, 0.15) is 11.6 Å². The number of esters is 1. The topological polar surface area (TPSA) is 77.4 Å². The smallest absolute Gasteiger partial charge is 0.427 e. The summed E-state index contributed by atoms with van der Waals surface area (Å²) in [5.41, 5.74) is -4.53. The van der Waals surface area contributed by atoms with Gasteiger partial charge in [-0.05, 0) is 42.0 Å². The van der Waals surface area contributed by atoms with Crippen molar-refractivity contribution in [3.8, 4) is 5.75 Å². The van der Waals surface area contributed by atoms with E-state index >= 15 is 0 Å². The van der Waals surface area contributed by atoms with Crippen LogP contribution in [0.5, 0.6) is 5.75 Å². The average Bonchev–Trinajstić information content (AvgIpc) is 2.92. The van der Waals surface area contributed by atoms with Crippen LogP contribution in [0.15, 0.2) is 42.5 Å². The molecule has 1 N–H and O–H groups in total. The molecule has 0 aliphatic carbocycles. The molecule has 12 heteroatoms. The van der Waals surface area contributed by atoms with Crippen LogP contribution in [0.3, 0.4) is 0 Å². The Labute approximate surface area is 179 Å². The van der Waals surface area contributed by atoms with Crippen LogP contribution < -0.4 is 9.46 Å². The molecule has 0 spiro atoms. The summed E-state index contributed by atoms with van der Waals surface area (Å²) in [6.07, 6.45) is 0. The Morgan fingerprint density at radius 1 is 1.10 bits per heavy atom. The van der Waals surface area contributed by atoms with Gasteiger partial charge in [0.2, 0.25) is 0 Å². The Bertz CT molecular complexity index is 1240. The predicted molar refractivity (Wildman–Crippen MR) is 107 cm³/mol. The van der Waals surface area contributed by atoms with Crippen LogP contribution in [0, 0.1) is 0 Å². The summed E-state index contributed by atoms with van der Waals surface area (Å²) < 4.78 is 69.8. The van der Waals surface area contributed by atoms with E-state index in [0.717, 1.165) is 0 Å². The van der Waals surface area contributed by atoms with Crippen molar-refractivity contribution in [3.63, 3.8) is 0 Å². The second kappa shape index (κ2) is 8.01. The zero-order chi connectivity index (χ0) is 22.3. The van der Waals surface area contributed by atoms with Crippen molar-refractivity contribution in [1.82, 2.24) is 4.57 Å². The van der Waals surface area contributed by atoms with E-state index in [1.54, 1.807) is 10.8 Å². The van der Waals surface area contributed by atoms with Gasteiger partial charge in [-0.3, -0.25) is 9.52 Å². The van der Waals surface area contributed by atoms with E-state index in [0.29, 0.717) is 21.5 Å². The molecule has 0 aliphatic heterocycles. The molecule has 3 aromatic rings. The maximum absolute atomic E-state index is 12.9. The molecule has 6 nitrogen and oxygen atoms in total. The maximum atomic E-state index is 12.9. The van der Waals surface area contributed by atoms with Gasteiger partial charge in [0.15, 0.2) is 0 Å². The summed E-state index contributed by atoms with van der Waals surface area (Å²) in [5.74, 6) is -0.747. The molecule has 0 unspecified atom stereocenters. The van der Waals surface area contributed by atoms with E-state index in [-0.39, 0.29) is 23.1 Å². The third-order valence-electron chi connectivity index (χ3n) is 4.00. The first kappa shape index (κ1) is 22.3. The van der Waals surface area contributed by atoms with Gasteiger partial charge in [0.05, 0.1) is 15.6 Å². The standard InChI is InChI=1S/C18H13Cl2F3N2O4S/c1-10(26)29-13-3-5-16-12(7-13)8-17(24-30(27,28)18(21,22)23)25(16)9-11-2-4-14(19)15(20)6-11/h2-8,24H,9H2,1H3. The number of rotatable bonds is 5. The first-order valence-electron chi connectivity index (χ1n) is 8.22. The number of anilines is 1. The van der Waals surface area contributed by atoms with Crippen molar-refractivity contribution in [2.24, 2.45) is 0 Å². The monoisotopic (exact) mass is 480 g/mol. The van der Waals surface area contributed by atoms with Crippen molar-refractivity contribution in [2.75, 3.05) is 4.72 Å². The number of alkyl halides is 3. The number of hydrogen-bond acceptors (Lipinski definition) is 4. The van der Waals surface area contributed by atoms with Crippen molar-refractivity contribution < 1.29 is 31.1 Å². The molecule has 1 aromatic heterocycles. The van der Waals surface area contributed by atoms with Crippen molar-refractivity contribution in [2.45, 2.75) is 19.0 Å². The first-order valence-corrected chi connectivity index (χ1v) is 10.5. The number of nitrogens with zero attached hydrogens (tertiary/aromatic N) is 1. The molecule has 0 bridgehead atoms. The molecule has 0 radical (unpaired) electrons. The number of benzene rings is 2. The minimum atomic E-state index is -5.66. The van der Waals surface area contributed by atoms with Crippen LogP contribution in [0.1, 0.15) is 12.5 Å². The summed E-state index contributed by atoms with van der Waals surface area (Å²) in [6, 6.07) is 10.2. The fourth-order valence-corrected chi connectivity index (χ4v) is 3.63. The molecule has 1 heterocycles. The molecule has 0 saturated heterocycles. The van der Waals surface area contributed by atoms with Crippen LogP contribution in [0.4, 0.5) is 19.0 Å². The molecule has 0 saturated carbocycles. The molecule has 0 aliphatic rings. The second-order valence-corrected chi connectivity index (χ2v) is 8.72. The van der Waals surface area contributed by atoms with E-state index in [2.05, 4.69) is 0 Å². The Morgan fingerprint density at radius 2 is 1.80 bits per heavy atom. The number of carbonyl (C=O) groups is 1. The van der Waals surface area contributed by atoms with Gasteiger partial charge in [0.25, 0.3) is 0 Å². The van der Waals surface area contributed by atoms with Gasteiger partial charge in [-0.15, -0.1) is 0 Å². The third-order valence-corrected chi connectivity index (χ3v) is 5.83. The fraction of sp³-hybridized carbons (Fsp3) is 0.167. The van der Waals surface area contributed by atoms with Crippen LogP contribution in [0.2, 0.25) is 10.0 Å². The minimum Gasteiger partial charge on any atom is -0.427 e. The lowest BCUT2D eigenvalue weighted by Crippen LogP contribution is -2.30.